The third-order valence-electron chi connectivity index (χ3n) is 5.94. The predicted molar refractivity (Wildman–Crippen MR) is 119 cm³/mol. The second kappa shape index (κ2) is 11.1. The number of hydrogen-bond donors (Lipinski definition) is 1. The molecule has 0 unspecified atom stereocenters. The van der Waals surface area contributed by atoms with E-state index >= 15 is 0 Å². The molecule has 37 heavy (non-hydrogen) atoms. The third kappa shape index (κ3) is 6.21. The Morgan fingerprint density at radius 1 is 1.00 bits per heavy atom. The van der Waals surface area contributed by atoms with Gasteiger partial charge in [0.05, 0.1) is 6.04 Å². The van der Waals surface area contributed by atoms with E-state index in [1.165, 1.54) is 29.2 Å². The largest absolute Gasteiger partial charge is 0.451 e. The zero-order valence-electron chi connectivity index (χ0n) is 19.0. The lowest BCUT2D eigenvalue weighted by Gasteiger charge is -2.36. The summed E-state index contributed by atoms with van der Waals surface area (Å²) in [6.45, 7) is -0.346. The van der Waals surface area contributed by atoms with Crippen molar-refractivity contribution in [3.8, 4) is 0 Å². The summed E-state index contributed by atoms with van der Waals surface area (Å²) in [7, 11) is 0. The Kier molecular flexibility index (Phi) is 8.48. The van der Waals surface area contributed by atoms with Crippen LogP contribution < -0.4 is 5.73 Å². The average Bonchev–Trinajstić information content (AvgIpc) is 3.24. The highest BCUT2D eigenvalue weighted by atomic mass is 35.5. The van der Waals surface area contributed by atoms with Gasteiger partial charge in [-0.25, -0.2) is 17.6 Å². The second-order valence-corrected chi connectivity index (χ2v) is 8.49. The van der Waals surface area contributed by atoms with Crippen LogP contribution in [0.1, 0.15) is 35.2 Å². The van der Waals surface area contributed by atoms with Gasteiger partial charge in [0.1, 0.15) is 11.6 Å². The third-order valence-corrected chi connectivity index (χ3v) is 5.94. The molecule has 1 amide bonds. The number of carbonyl (C=O) groups is 1. The van der Waals surface area contributed by atoms with E-state index in [4.69, 9.17) is 5.73 Å². The van der Waals surface area contributed by atoms with Crippen LogP contribution in [0.2, 0.25) is 0 Å². The topological polar surface area (TPSA) is 77.0 Å². The van der Waals surface area contributed by atoms with Gasteiger partial charge in [0.2, 0.25) is 11.7 Å². The first kappa shape index (κ1) is 28.4. The molecule has 14 heteroatoms. The highest BCUT2D eigenvalue weighted by Crippen LogP contribution is 2.34. The summed E-state index contributed by atoms with van der Waals surface area (Å²) >= 11 is 0. The van der Waals surface area contributed by atoms with Crippen molar-refractivity contribution >= 4 is 18.3 Å². The molecule has 0 fully saturated rings. The maximum absolute atomic E-state index is 14.0. The van der Waals surface area contributed by atoms with E-state index in [1.54, 1.807) is 0 Å². The molecule has 2 heterocycles. The molecule has 2 N–H and O–H groups in total. The van der Waals surface area contributed by atoms with Crippen molar-refractivity contribution in [1.29, 1.82) is 0 Å². The SMILES string of the molecule is Cl.N[C@@H](CC(=O)N1CCn2c(nnc2C(F)(F)F)[C@@H]1Cc1ccc(F)cc1)Cc1cc(F)c(F)cc1F. The molecule has 1 aromatic heterocycles. The fourth-order valence-electron chi connectivity index (χ4n) is 4.25. The molecule has 2 aromatic carbocycles. The van der Waals surface area contributed by atoms with Crippen molar-refractivity contribution in [2.75, 3.05) is 6.54 Å². The van der Waals surface area contributed by atoms with Gasteiger partial charge in [-0.3, -0.25) is 4.79 Å². The van der Waals surface area contributed by atoms with E-state index in [-0.39, 0.29) is 56.1 Å². The van der Waals surface area contributed by atoms with Crippen LogP contribution in [0.15, 0.2) is 36.4 Å². The number of aromatic nitrogens is 3. The second-order valence-electron chi connectivity index (χ2n) is 8.49. The first-order chi connectivity index (χ1) is 16.9. The lowest BCUT2D eigenvalue weighted by atomic mass is 9.99. The van der Waals surface area contributed by atoms with Gasteiger partial charge in [0.15, 0.2) is 17.5 Å². The van der Waals surface area contributed by atoms with Crippen molar-refractivity contribution in [3.63, 3.8) is 0 Å². The molecule has 0 radical (unpaired) electrons. The summed E-state index contributed by atoms with van der Waals surface area (Å²) in [5.74, 6) is -5.99. The molecular weight excluding hydrogens is 531 g/mol. The van der Waals surface area contributed by atoms with Gasteiger partial charge in [0, 0.05) is 38.0 Å². The van der Waals surface area contributed by atoms with Crippen molar-refractivity contribution in [2.24, 2.45) is 5.73 Å². The molecule has 0 saturated carbocycles. The van der Waals surface area contributed by atoms with Crippen LogP contribution in [0.5, 0.6) is 0 Å². The van der Waals surface area contributed by atoms with Crippen molar-refractivity contribution < 1.29 is 35.5 Å². The molecule has 0 bridgehead atoms. The Morgan fingerprint density at radius 2 is 1.65 bits per heavy atom. The smallest absolute Gasteiger partial charge is 0.330 e. The number of rotatable bonds is 6. The number of hydrogen-bond acceptors (Lipinski definition) is 4. The molecular formula is C23H21ClF7N5O. The van der Waals surface area contributed by atoms with E-state index in [2.05, 4.69) is 10.2 Å². The standard InChI is InChI=1S/C23H20F7N5O.ClH/c24-14-3-1-12(2-4-14)7-19-21-32-33-22(23(28,29)30)35(21)6-5-34(19)20(36)10-15(31)8-13-9-17(26)18(27)11-16(13)25;/h1-4,9,11,15,19H,5-8,10,31H2;1H/t15-,19+;/m1./s1. The molecule has 0 aliphatic carbocycles. The van der Waals surface area contributed by atoms with Crippen LogP contribution in [0, 0.1) is 23.3 Å². The van der Waals surface area contributed by atoms with E-state index in [9.17, 15) is 35.5 Å². The number of carbonyl (C=O) groups excluding carboxylic acids is 1. The van der Waals surface area contributed by atoms with Gasteiger partial charge in [-0.2, -0.15) is 13.2 Å². The molecule has 0 spiro atoms. The lowest BCUT2D eigenvalue weighted by molar-refractivity contribution is -0.148. The average molecular weight is 552 g/mol. The van der Waals surface area contributed by atoms with E-state index in [0.717, 1.165) is 4.57 Å². The molecule has 4 rings (SSSR count). The van der Waals surface area contributed by atoms with Crippen LogP contribution in [-0.2, 0) is 30.4 Å². The van der Waals surface area contributed by atoms with E-state index < -0.39 is 53.3 Å². The fraction of sp³-hybridized carbons (Fsp3) is 0.348. The first-order valence-electron chi connectivity index (χ1n) is 10.9. The summed E-state index contributed by atoms with van der Waals surface area (Å²) < 4.78 is 95.1. The Bertz CT molecular complexity index is 1270. The number of alkyl halides is 3. The van der Waals surface area contributed by atoms with Gasteiger partial charge in [-0.15, -0.1) is 22.6 Å². The first-order valence-corrected chi connectivity index (χ1v) is 10.9. The van der Waals surface area contributed by atoms with Crippen molar-refractivity contribution in [1.82, 2.24) is 19.7 Å². The number of nitrogens with zero attached hydrogens (tertiary/aromatic N) is 4. The van der Waals surface area contributed by atoms with Gasteiger partial charge >= 0.3 is 6.18 Å². The van der Waals surface area contributed by atoms with Crippen LogP contribution in [0.4, 0.5) is 30.7 Å². The Hall–Kier alpha value is -3.19. The van der Waals surface area contributed by atoms with Crippen LogP contribution in [-0.4, -0.2) is 38.2 Å². The van der Waals surface area contributed by atoms with Gasteiger partial charge in [-0.05, 0) is 35.7 Å². The highest BCUT2D eigenvalue weighted by Gasteiger charge is 2.43. The molecule has 6 nitrogen and oxygen atoms in total. The molecule has 3 aromatic rings. The Labute approximate surface area is 212 Å². The monoisotopic (exact) mass is 551 g/mol. The number of nitrogens with two attached hydrogens (primary N) is 1. The Morgan fingerprint density at radius 3 is 2.30 bits per heavy atom. The highest BCUT2D eigenvalue weighted by molar-refractivity contribution is 5.85. The number of fused-ring (bicyclic) bond motifs is 1. The molecule has 200 valence electrons. The minimum absolute atomic E-state index is 0. The summed E-state index contributed by atoms with van der Waals surface area (Å²) in [6, 6.07) is 4.33. The van der Waals surface area contributed by atoms with Gasteiger partial charge in [0.25, 0.3) is 0 Å². The normalized spacial score (nSPS) is 16.2. The number of amides is 1. The zero-order chi connectivity index (χ0) is 26.2. The zero-order valence-corrected chi connectivity index (χ0v) is 19.8. The maximum atomic E-state index is 14.0. The number of halogens is 8. The minimum Gasteiger partial charge on any atom is -0.330 e. The maximum Gasteiger partial charge on any atom is 0.451 e. The number of benzene rings is 2. The summed E-state index contributed by atoms with van der Waals surface area (Å²) in [4.78, 5) is 14.5. The molecule has 2 atom stereocenters. The van der Waals surface area contributed by atoms with Crippen LogP contribution in [0.25, 0.3) is 0 Å². The Balaban J connectivity index is 0.00000380. The van der Waals surface area contributed by atoms with E-state index in [0.29, 0.717) is 17.7 Å². The van der Waals surface area contributed by atoms with Gasteiger partial charge in [-0.1, -0.05) is 12.1 Å². The van der Waals surface area contributed by atoms with Crippen LogP contribution >= 0.6 is 12.4 Å². The predicted octanol–water partition coefficient (Wildman–Crippen LogP) is 4.36. The summed E-state index contributed by atoms with van der Waals surface area (Å²) in [5.41, 5.74) is 6.31. The summed E-state index contributed by atoms with van der Waals surface area (Å²) in [5, 5.41) is 6.96. The summed E-state index contributed by atoms with van der Waals surface area (Å²) in [6.07, 6.45) is -5.36. The molecule has 1 aliphatic heterocycles. The fourth-order valence-corrected chi connectivity index (χ4v) is 4.25. The van der Waals surface area contributed by atoms with Gasteiger partial charge < -0.3 is 15.2 Å². The quantitative estimate of drug-likeness (QED) is 0.365. The molecule has 1 aliphatic rings. The van der Waals surface area contributed by atoms with E-state index in [1.807, 2.05) is 0 Å². The van der Waals surface area contributed by atoms with Crippen molar-refractivity contribution in [2.45, 2.75) is 44.1 Å². The molecule has 0 saturated heterocycles. The minimum atomic E-state index is -4.76. The van der Waals surface area contributed by atoms with Crippen molar-refractivity contribution in [3.05, 3.63) is 82.4 Å². The van der Waals surface area contributed by atoms with Crippen LogP contribution in [0.3, 0.4) is 0 Å². The lowest BCUT2D eigenvalue weighted by Crippen LogP contribution is -2.45.